The zero-order chi connectivity index (χ0) is 22.4. The van der Waals surface area contributed by atoms with Crippen LogP contribution < -0.4 is 0 Å². The highest BCUT2D eigenvalue weighted by atomic mass is 35.5. The summed E-state index contributed by atoms with van der Waals surface area (Å²) in [6.45, 7) is 3.88. The molecule has 0 aliphatic carbocycles. The molecule has 1 heterocycles. The molecule has 0 aromatic heterocycles. The Kier molecular flexibility index (Phi) is 10.2. The van der Waals surface area contributed by atoms with Gasteiger partial charge in [0.25, 0.3) is 0 Å². The number of halogens is 10. The molecule has 28 heavy (non-hydrogen) atoms. The zero-order valence-corrected chi connectivity index (χ0v) is 15.8. The van der Waals surface area contributed by atoms with Gasteiger partial charge in [0, 0.05) is 12.3 Å². The van der Waals surface area contributed by atoms with Crippen LogP contribution in [-0.2, 0) is 23.9 Å². The van der Waals surface area contributed by atoms with Crippen LogP contribution in [0.15, 0.2) is 0 Å². The molecule has 0 spiro atoms. The standard InChI is InChI=1S/C10H16Cl2O4.C3F8O/c1-3-9(13)14-6-10(2)15-5-8(16-10)7(12)4-11;4-1(5,2(6,7)8)3(9,10)12-11/h7-8H,3-6H2,1-2H3;. The highest BCUT2D eigenvalue weighted by Gasteiger charge is 2.75. The number of alkyl halides is 9. The van der Waals surface area contributed by atoms with Crippen molar-refractivity contribution in [1.29, 1.82) is 0 Å². The fourth-order valence-electron chi connectivity index (χ4n) is 1.53. The lowest BCUT2D eigenvalue weighted by Crippen LogP contribution is -2.52. The molecule has 0 aromatic rings. The molecule has 1 aliphatic heterocycles. The largest absolute Gasteiger partial charge is 0.463 e. The van der Waals surface area contributed by atoms with Gasteiger partial charge in [-0.05, 0) is 11.4 Å². The fraction of sp³-hybridized carbons (Fsp3) is 0.923. The van der Waals surface area contributed by atoms with Gasteiger partial charge in [0.05, 0.1) is 12.0 Å². The van der Waals surface area contributed by atoms with E-state index in [1.54, 1.807) is 13.8 Å². The van der Waals surface area contributed by atoms with E-state index in [1.165, 1.54) is 4.94 Å². The maximum Gasteiger partial charge on any atom is 0.463 e. The summed E-state index contributed by atoms with van der Waals surface area (Å²) in [5, 5.41) is -0.301. The zero-order valence-electron chi connectivity index (χ0n) is 14.3. The molecule has 0 aromatic carbocycles. The summed E-state index contributed by atoms with van der Waals surface area (Å²) < 4.78 is 105. The second-order valence-electron chi connectivity index (χ2n) is 5.45. The molecule has 5 nitrogen and oxygen atoms in total. The monoisotopic (exact) mass is 474 g/mol. The van der Waals surface area contributed by atoms with Gasteiger partial charge in [-0.15, -0.1) is 28.1 Å². The number of carbonyl (C=O) groups is 1. The van der Waals surface area contributed by atoms with E-state index < -0.39 is 24.0 Å². The summed E-state index contributed by atoms with van der Waals surface area (Å²) in [5.74, 6) is -7.44. The molecule has 3 atom stereocenters. The first-order valence-electron chi connectivity index (χ1n) is 7.36. The van der Waals surface area contributed by atoms with E-state index in [4.69, 9.17) is 37.4 Å². The van der Waals surface area contributed by atoms with Gasteiger partial charge in [-0.25, -0.2) is 0 Å². The number of ether oxygens (including phenoxy) is 3. The van der Waals surface area contributed by atoms with Crippen molar-refractivity contribution >= 4 is 29.2 Å². The molecule has 0 amide bonds. The third-order valence-electron chi connectivity index (χ3n) is 3.11. The molecule has 0 bridgehead atoms. The molecule has 168 valence electrons. The number of hydrogen-bond donors (Lipinski definition) is 0. The Morgan fingerprint density at radius 1 is 1.25 bits per heavy atom. The number of hydrogen-bond acceptors (Lipinski definition) is 5. The van der Waals surface area contributed by atoms with Crippen molar-refractivity contribution in [3.63, 3.8) is 0 Å². The lowest BCUT2D eigenvalue weighted by Gasteiger charge is -2.23. The van der Waals surface area contributed by atoms with Crippen molar-refractivity contribution in [3.8, 4) is 0 Å². The minimum atomic E-state index is -6.57. The van der Waals surface area contributed by atoms with Crippen molar-refractivity contribution in [2.24, 2.45) is 0 Å². The van der Waals surface area contributed by atoms with E-state index in [2.05, 4.69) is 0 Å². The molecule has 0 N–H and O–H groups in total. The van der Waals surface area contributed by atoms with Crippen LogP contribution in [0, 0.1) is 0 Å². The molecule has 1 fully saturated rings. The normalized spacial score (nSPS) is 24.4. The minimum Gasteiger partial charge on any atom is -0.460 e. The first kappa shape index (κ1) is 27.4. The fourth-order valence-corrected chi connectivity index (χ4v) is 1.85. The number of carbonyl (C=O) groups excluding carboxylic acids is 1. The highest BCUT2D eigenvalue weighted by molar-refractivity contribution is 6.28. The van der Waals surface area contributed by atoms with Crippen LogP contribution >= 0.6 is 23.2 Å². The summed E-state index contributed by atoms with van der Waals surface area (Å²) in [6, 6.07) is 0. The molecule has 1 rings (SSSR count). The first-order valence-corrected chi connectivity index (χ1v) is 8.33. The van der Waals surface area contributed by atoms with Crippen LogP contribution in [0.4, 0.5) is 35.3 Å². The van der Waals surface area contributed by atoms with Crippen molar-refractivity contribution < 1.29 is 59.2 Å². The molecule has 0 saturated carbocycles. The van der Waals surface area contributed by atoms with Crippen LogP contribution in [0.3, 0.4) is 0 Å². The molecule has 0 radical (unpaired) electrons. The van der Waals surface area contributed by atoms with E-state index in [-0.39, 0.29) is 24.1 Å². The molecular weight excluding hydrogens is 459 g/mol. The predicted octanol–water partition coefficient (Wildman–Crippen LogP) is 4.60. The van der Waals surface area contributed by atoms with Crippen LogP contribution in [0.1, 0.15) is 20.3 Å². The average molecular weight is 475 g/mol. The van der Waals surface area contributed by atoms with Crippen molar-refractivity contribution in [2.75, 3.05) is 19.1 Å². The Hall–Kier alpha value is -0.630. The first-order chi connectivity index (χ1) is 12.6. The second kappa shape index (κ2) is 10.4. The summed E-state index contributed by atoms with van der Waals surface area (Å²) in [4.78, 5) is 12.2. The summed E-state index contributed by atoms with van der Waals surface area (Å²) in [6.07, 6.45) is -12.7. The predicted molar refractivity (Wildman–Crippen MR) is 79.0 cm³/mol. The Balaban J connectivity index is 0.000000546. The summed E-state index contributed by atoms with van der Waals surface area (Å²) in [5.41, 5.74) is 0. The van der Waals surface area contributed by atoms with E-state index >= 15 is 0 Å². The third-order valence-corrected chi connectivity index (χ3v) is 4.03. The number of esters is 1. The van der Waals surface area contributed by atoms with Gasteiger partial charge in [0.15, 0.2) is 0 Å². The molecule has 1 saturated heterocycles. The van der Waals surface area contributed by atoms with E-state index in [0.29, 0.717) is 18.9 Å². The van der Waals surface area contributed by atoms with Crippen molar-refractivity contribution in [1.82, 2.24) is 0 Å². The molecular formula is C13H16Cl2F8O5. The van der Waals surface area contributed by atoms with Gasteiger partial charge in [-0.3, -0.25) is 4.79 Å². The summed E-state index contributed by atoms with van der Waals surface area (Å²) >= 11 is 11.6. The Morgan fingerprint density at radius 2 is 1.79 bits per heavy atom. The second-order valence-corrected chi connectivity index (χ2v) is 6.32. The van der Waals surface area contributed by atoms with Crippen LogP contribution in [-0.4, -0.2) is 60.5 Å². The quantitative estimate of drug-likeness (QED) is 0.306. The Bertz CT molecular complexity index is 508. The third kappa shape index (κ3) is 7.32. The SMILES string of the molecule is CCC(=O)OCC1(C)OCC(C(Cl)CCl)O1.FOC(F)(F)C(F)(F)C(F)(F)F. The van der Waals surface area contributed by atoms with Crippen molar-refractivity contribution in [2.45, 2.75) is 55.7 Å². The van der Waals surface area contributed by atoms with Gasteiger partial charge in [-0.1, -0.05) is 6.92 Å². The smallest absolute Gasteiger partial charge is 0.460 e. The van der Waals surface area contributed by atoms with E-state index in [0.717, 1.165) is 0 Å². The number of rotatable bonds is 7. The minimum absolute atomic E-state index is 0.0715. The van der Waals surface area contributed by atoms with Gasteiger partial charge in [0.2, 0.25) is 5.79 Å². The van der Waals surface area contributed by atoms with Gasteiger partial charge < -0.3 is 14.2 Å². The molecule has 1 aliphatic rings. The van der Waals surface area contributed by atoms with E-state index in [9.17, 15) is 40.1 Å². The molecule has 15 heteroatoms. The lowest BCUT2D eigenvalue weighted by molar-refractivity contribution is -0.471. The maximum absolute atomic E-state index is 11.5. The van der Waals surface area contributed by atoms with Crippen LogP contribution in [0.5, 0.6) is 0 Å². The Morgan fingerprint density at radius 3 is 2.14 bits per heavy atom. The average Bonchev–Trinajstić information content (AvgIpc) is 3.01. The van der Waals surface area contributed by atoms with Gasteiger partial charge in [0.1, 0.15) is 12.7 Å². The van der Waals surface area contributed by atoms with Crippen LogP contribution in [0.2, 0.25) is 0 Å². The Labute approximate surface area is 164 Å². The van der Waals surface area contributed by atoms with Crippen LogP contribution in [0.25, 0.3) is 0 Å². The highest BCUT2D eigenvalue weighted by Crippen LogP contribution is 2.46. The lowest BCUT2D eigenvalue weighted by atomic mass is 10.3. The van der Waals surface area contributed by atoms with E-state index in [1.807, 2.05) is 0 Å². The van der Waals surface area contributed by atoms with Gasteiger partial charge in [-0.2, -0.15) is 30.7 Å². The molecule has 3 unspecified atom stereocenters. The van der Waals surface area contributed by atoms with Gasteiger partial charge >= 0.3 is 24.2 Å². The summed E-state index contributed by atoms with van der Waals surface area (Å²) in [7, 11) is 0. The van der Waals surface area contributed by atoms with Crippen molar-refractivity contribution in [3.05, 3.63) is 0 Å². The topological polar surface area (TPSA) is 54.0 Å². The maximum atomic E-state index is 11.5.